The predicted octanol–water partition coefficient (Wildman–Crippen LogP) is 1.73. The average Bonchev–Trinajstić information content (AvgIpc) is 2.68. The van der Waals surface area contributed by atoms with Gasteiger partial charge in [0.2, 0.25) is 0 Å². The molecule has 4 nitrogen and oxygen atoms in total. The first kappa shape index (κ1) is 11.7. The van der Waals surface area contributed by atoms with Gasteiger partial charge in [-0.05, 0) is 17.9 Å². The molecule has 1 amide bonds. The van der Waals surface area contributed by atoms with Crippen LogP contribution in [0.2, 0.25) is 0 Å². The molecule has 0 aliphatic heterocycles. The van der Waals surface area contributed by atoms with Crippen LogP contribution in [0, 0.1) is 0 Å². The van der Waals surface area contributed by atoms with Crippen molar-refractivity contribution in [3.05, 3.63) is 22.4 Å². The van der Waals surface area contributed by atoms with Crippen LogP contribution >= 0.6 is 11.3 Å². The normalized spacial score (nSPS) is 12.1. The highest BCUT2D eigenvalue weighted by Crippen LogP contribution is 2.07. The fraction of sp³-hybridized carbons (Fsp3) is 0.400. The van der Waals surface area contributed by atoms with Crippen molar-refractivity contribution in [1.82, 2.24) is 5.32 Å². The van der Waals surface area contributed by atoms with Crippen LogP contribution in [-0.2, 0) is 4.79 Å². The Morgan fingerprint density at radius 1 is 1.60 bits per heavy atom. The van der Waals surface area contributed by atoms with E-state index in [1.165, 1.54) is 11.3 Å². The van der Waals surface area contributed by atoms with Crippen LogP contribution in [-0.4, -0.2) is 23.0 Å². The maximum atomic E-state index is 11.6. The van der Waals surface area contributed by atoms with E-state index in [9.17, 15) is 9.59 Å². The first-order valence-corrected chi connectivity index (χ1v) is 5.62. The van der Waals surface area contributed by atoms with E-state index in [1.54, 1.807) is 11.4 Å². The molecule has 2 N–H and O–H groups in total. The second-order valence-corrected chi connectivity index (χ2v) is 3.97. The van der Waals surface area contributed by atoms with Gasteiger partial charge < -0.3 is 10.4 Å². The van der Waals surface area contributed by atoms with Gasteiger partial charge in [-0.1, -0.05) is 6.92 Å². The summed E-state index contributed by atoms with van der Waals surface area (Å²) >= 11 is 1.44. The number of hydrogen-bond acceptors (Lipinski definition) is 3. The van der Waals surface area contributed by atoms with Crippen molar-refractivity contribution in [1.29, 1.82) is 0 Å². The fourth-order valence-electron chi connectivity index (χ4n) is 1.17. The lowest BCUT2D eigenvalue weighted by atomic mass is 10.1. The highest BCUT2D eigenvalue weighted by atomic mass is 32.1. The molecule has 1 atom stereocenters. The molecule has 0 aliphatic carbocycles. The molecule has 1 heterocycles. The average molecular weight is 227 g/mol. The Hall–Kier alpha value is -1.36. The summed E-state index contributed by atoms with van der Waals surface area (Å²) in [6, 6.07) is 1.42. The molecule has 1 aromatic rings. The smallest absolute Gasteiger partial charge is 0.305 e. The number of rotatable bonds is 5. The number of nitrogens with one attached hydrogen (secondary N) is 1. The number of aliphatic carboxylic acids is 1. The number of amides is 1. The first-order valence-electron chi connectivity index (χ1n) is 4.68. The van der Waals surface area contributed by atoms with Crippen molar-refractivity contribution in [3.8, 4) is 0 Å². The topological polar surface area (TPSA) is 66.4 Å². The Morgan fingerprint density at radius 3 is 2.80 bits per heavy atom. The van der Waals surface area contributed by atoms with Gasteiger partial charge in [-0.15, -0.1) is 0 Å². The van der Waals surface area contributed by atoms with E-state index in [4.69, 9.17) is 5.11 Å². The van der Waals surface area contributed by atoms with Gasteiger partial charge in [0.25, 0.3) is 5.91 Å². The summed E-state index contributed by atoms with van der Waals surface area (Å²) in [5.41, 5.74) is 0.587. The number of carboxylic acid groups (broad SMARTS) is 1. The van der Waals surface area contributed by atoms with Crippen LogP contribution in [0.4, 0.5) is 0 Å². The molecule has 15 heavy (non-hydrogen) atoms. The molecular formula is C10H13NO3S. The lowest BCUT2D eigenvalue weighted by Gasteiger charge is -2.13. The van der Waals surface area contributed by atoms with Crippen molar-refractivity contribution in [2.75, 3.05) is 0 Å². The van der Waals surface area contributed by atoms with E-state index >= 15 is 0 Å². The Morgan fingerprint density at radius 2 is 2.33 bits per heavy atom. The molecule has 1 aromatic heterocycles. The molecule has 0 aliphatic rings. The highest BCUT2D eigenvalue weighted by molar-refractivity contribution is 7.08. The number of carboxylic acids is 1. The third-order valence-electron chi connectivity index (χ3n) is 2.03. The third-order valence-corrected chi connectivity index (χ3v) is 2.72. The standard InChI is InChI=1S/C10H13NO3S/c1-2-8(5-9(12)13)11-10(14)7-3-4-15-6-7/h3-4,6,8H,2,5H2,1H3,(H,11,14)(H,12,13). The van der Waals surface area contributed by atoms with Crippen LogP contribution in [0.1, 0.15) is 30.1 Å². The molecule has 0 fully saturated rings. The monoisotopic (exact) mass is 227 g/mol. The lowest BCUT2D eigenvalue weighted by molar-refractivity contribution is -0.137. The minimum absolute atomic E-state index is 0.0353. The van der Waals surface area contributed by atoms with Gasteiger partial charge >= 0.3 is 5.97 Å². The van der Waals surface area contributed by atoms with Crippen LogP contribution < -0.4 is 5.32 Å². The maximum Gasteiger partial charge on any atom is 0.305 e. The Balaban J connectivity index is 2.52. The highest BCUT2D eigenvalue weighted by Gasteiger charge is 2.15. The Labute approximate surface area is 91.9 Å². The first-order chi connectivity index (χ1) is 7.13. The fourth-order valence-corrected chi connectivity index (χ4v) is 1.81. The zero-order valence-corrected chi connectivity index (χ0v) is 9.21. The lowest BCUT2D eigenvalue weighted by Crippen LogP contribution is -2.35. The van der Waals surface area contributed by atoms with Crippen LogP contribution in [0.3, 0.4) is 0 Å². The van der Waals surface area contributed by atoms with Gasteiger partial charge in [-0.3, -0.25) is 9.59 Å². The summed E-state index contributed by atoms with van der Waals surface area (Å²) in [5, 5.41) is 14.8. The number of carbonyl (C=O) groups excluding carboxylic acids is 1. The Bertz CT molecular complexity index is 334. The van der Waals surface area contributed by atoms with E-state index in [-0.39, 0.29) is 18.4 Å². The summed E-state index contributed by atoms with van der Waals surface area (Å²) in [5.74, 6) is -1.10. The summed E-state index contributed by atoms with van der Waals surface area (Å²) < 4.78 is 0. The molecule has 0 radical (unpaired) electrons. The third kappa shape index (κ3) is 3.71. The molecule has 0 bridgehead atoms. The zero-order chi connectivity index (χ0) is 11.3. The number of hydrogen-bond donors (Lipinski definition) is 2. The molecule has 5 heteroatoms. The summed E-state index contributed by atoms with van der Waals surface area (Å²) in [7, 11) is 0. The molecule has 0 aromatic carbocycles. The van der Waals surface area contributed by atoms with Gasteiger partial charge in [0.1, 0.15) is 0 Å². The Kier molecular flexibility index (Phi) is 4.30. The van der Waals surface area contributed by atoms with Gasteiger partial charge in [-0.25, -0.2) is 0 Å². The molecular weight excluding hydrogens is 214 g/mol. The molecule has 1 unspecified atom stereocenters. The van der Waals surface area contributed by atoms with E-state index in [1.807, 2.05) is 12.3 Å². The minimum atomic E-state index is -0.896. The molecule has 0 saturated heterocycles. The maximum absolute atomic E-state index is 11.6. The second kappa shape index (κ2) is 5.50. The van der Waals surface area contributed by atoms with Crippen LogP contribution in [0.5, 0.6) is 0 Å². The number of thiophene rings is 1. The summed E-state index contributed by atoms with van der Waals surface area (Å²) in [6.07, 6.45) is 0.578. The van der Waals surface area contributed by atoms with E-state index < -0.39 is 5.97 Å². The molecule has 1 rings (SSSR count). The number of carbonyl (C=O) groups is 2. The van der Waals surface area contributed by atoms with E-state index in [0.717, 1.165) is 0 Å². The minimum Gasteiger partial charge on any atom is -0.481 e. The van der Waals surface area contributed by atoms with Crippen molar-refractivity contribution in [2.24, 2.45) is 0 Å². The van der Waals surface area contributed by atoms with E-state index in [0.29, 0.717) is 12.0 Å². The van der Waals surface area contributed by atoms with Crippen molar-refractivity contribution >= 4 is 23.2 Å². The van der Waals surface area contributed by atoms with Gasteiger partial charge in [0, 0.05) is 17.0 Å². The second-order valence-electron chi connectivity index (χ2n) is 3.19. The quantitative estimate of drug-likeness (QED) is 0.805. The summed E-state index contributed by atoms with van der Waals surface area (Å²) in [4.78, 5) is 22.0. The molecule has 82 valence electrons. The van der Waals surface area contributed by atoms with E-state index in [2.05, 4.69) is 5.32 Å². The summed E-state index contributed by atoms with van der Waals surface area (Å²) in [6.45, 7) is 1.85. The SMILES string of the molecule is CCC(CC(=O)O)NC(=O)c1ccsc1. The molecule has 0 saturated carbocycles. The van der Waals surface area contributed by atoms with Crippen molar-refractivity contribution in [2.45, 2.75) is 25.8 Å². The van der Waals surface area contributed by atoms with Gasteiger partial charge in [0.05, 0.1) is 6.42 Å². The van der Waals surface area contributed by atoms with Gasteiger partial charge in [0.15, 0.2) is 0 Å². The van der Waals surface area contributed by atoms with Crippen LogP contribution in [0.15, 0.2) is 16.8 Å². The van der Waals surface area contributed by atoms with Gasteiger partial charge in [-0.2, -0.15) is 11.3 Å². The molecule has 0 spiro atoms. The van der Waals surface area contributed by atoms with Crippen LogP contribution in [0.25, 0.3) is 0 Å². The predicted molar refractivity (Wildman–Crippen MR) is 58.1 cm³/mol. The van der Waals surface area contributed by atoms with Crippen molar-refractivity contribution < 1.29 is 14.7 Å². The largest absolute Gasteiger partial charge is 0.481 e. The van der Waals surface area contributed by atoms with Crippen molar-refractivity contribution in [3.63, 3.8) is 0 Å². The zero-order valence-electron chi connectivity index (χ0n) is 8.40.